The summed E-state index contributed by atoms with van der Waals surface area (Å²) in [4.78, 5) is 0. The minimum Gasteiger partial charge on any atom is -0.286 e. The molecule has 4 heteroatoms. The molecule has 0 spiro atoms. The van der Waals surface area contributed by atoms with Gasteiger partial charge < -0.3 is 0 Å². The molecule has 1 fully saturated rings. The highest BCUT2D eigenvalue weighted by Crippen LogP contribution is 2.62. The van der Waals surface area contributed by atoms with Crippen molar-refractivity contribution in [2.24, 2.45) is 17.3 Å². The van der Waals surface area contributed by atoms with Crippen LogP contribution >= 0.6 is 0 Å². The van der Waals surface area contributed by atoms with E-state index in [1.54, 1.807) is 0 Å². The summed E-state index contributed by atoms with van der Waals surface area (Å²) in [6, 6.07) is 0. The van der Waals surface area contributed by atoms with E-state index >= 15 is 0 Å². The van der Waals surface area contributed by atoms with Crippen molar-refractivity contribution in [1.29, 1.82) is 0 Å². The zero-order chi connectivity index (χ0) is 13.8. The zero-order valence-electron chi connectivity index (χ0n) is 12.0. The van der Waals surface area contributed by atoms with Gasteiger partial charge in [-0.3, -0.25) is 4.55 Å². The van der Waals surface area contributed by atoms with E-state index in [1.807, 2.05) is 0 Å². The first-order chi connectivity index (χ1) is 8.29. The van der Waals surface area contributed by atoms with Gasteiger partial charge in [-0.2, -0.15) is 8.42 Å². The van der Waals surface area contributed by atoms with Gasteiger partial charge in [0.2, 0.25) is 0 Å². The molecule has 0 heterocycles. The Kier molecular flexibility index (Phi) is 5.66. The first-order valence-electron chi connectivity index (χ1n) is 7.24. The van der Waals surface area contributed by atoms with Crippen molar-refractivity contribution in [3.8, 4) is 0 Å². The summed E-state index contributed by atoms with van der Waals surface area (Å²) >= 11 is 0. The quantitative estimate of drug-likeness (QED) is 0.513. The van der Waals surface area contributed by atoms with E-state index in [-0.39, 0.29) is 5.75 Å². The third-order valence-electron chi connectivity index (χ3n) is 4.57. The van der Waals surface area contributed by atoms with Crippen molar-refractivity contribution in [2.75, 3.05) is 5.75 Å². The van der Waals surface area contributed by atoms with Gasteiger partial charge in [0.1, 0.15) is 0 Å². The summed E-state index contributed by atoms with van der Waals surface area (Å²) < 4.78 is 30.1. The van der Waals surface area contributed by atoms with Crippen LogP contribution < -0.4 is 0 Å². The molecular weight excluding hydrogens is 248 g/mol. The van der Waals surface area contributed by atoms with Gasteiger partial charge in [-0.05, 0) is 36.5 Å². The molecule has 18 heavy (non-hydrogen) atoms. The molecule has 3 nitrogen and oxygen atoms in total. The lowest BCUT2D eigenvalue weighted by molar-refractivity contribution is 0.473. The molecule has 1 aliphatic rings. The Morgan fingerprint density at radius 1 is 1.00 bits per heavy atom. The fraction of sp³-hybridized carbons (Fsp3) is 1.00. The Morgan fingerprint density at radius 3 is 2.06 bits per heavy atom. The van der Waals surface area contributed by atoms with Gasteiger partial charge in [0.05, 0.1) is 5.75 Å². The second-order valence-corrected chi connectivity index (χ2v) is 7.88. The monoisotopic (exact) mass is 276 g/mol. The Bertz CT molecular complexity index is 346. The zero-order valence-corrected chi connectivity index (χ0v) is 12.8. The molecular formula is C14H28O3S. The van der Waals surface area contributed by atoms with Gasteiger partial charge >= 0.3 is 0 Å². The van der Waals surface area contributed by atoms with Gasteiger partial charge in [-0.15, -0.1) is 0 Å². The molecule has 0 aromatic heterocycles. The third kappa shape index (κ3) is 4.88. The molecule has 0 radical (unpaired) electrons. The molecule has 0 aromatic rings. The Morgan fingerprint density at radius 2 is 1.56 bits per heavy atom. The van der Waals surface area contributed by atoms with Crippen LogP contribution in [0.1, 0.15) is 65.7 Å². The van der Waals surface area contributed by atoms with Crippen LogP contribution in [0.25, 0.3) is 0 Å². The summed E-state index contributed by atoms with van der Waals surface area (Å²) in [6.07, 6.45) is 8.02. The maximum Gasteiger partial charge on any atom is 0.264 e. The average Bonchev–Trinajstić information content (AvgIpc) is 2.74. The van der Waals surface area contributed by atoms with E-state index in [0.29, 0.717) is 17.8 Å². The SMILES string of the molecule is CCCCCCC1C(CCCS(=O)(=O)O)C1(C)C. The van der Waals surface area contributed by atoms with E-state index in [0.717, 1.165) is 12.3 Å². The Balaban J connectivity index is 2.22. The number of unbranched alkanes of at least 4 members (excludes halogenated alkanes) is 3. The lowest BCUT2D eigenvalue weighted by Gasteiger charge is -2.02. The van der Waals surface area contributed by atoms with Gasteiger partial charge in [0.25, 0.3) is 10.1 Å². The summed E-state index contributed by atoms with van der Waals surface area (Å²) in [7, 11) is -3.77. The molecule has 2 atom stereocenters. The molecule has 0 saturated heterocycles. The molecule has 0 amide bonds. The van der Waals surface area contributed by atoms with Crippen molar-refractivity contribution in [1.82, 2.24) is 0 Å². The second-order valence-electron chi connectivity index (χ2n) is 6.31. The first-order valence-corrected chi connectivity index (χ1v) is 8.85. The van der Waals surface area contributed by atoms with Gasteiger partial charge in [0, 0.05) is 0 Å². The molecule has 1 N–H and O–H groups in total. The summed E-state index contributed by atoms with van der Waals surface area (Å²) in [6.45, 7) is 6.80. The molecule has 2 unspecified atom stereocenters. The third-order valence-corrected chi connectivity index (χ3v) is 5.38. The highest BCUT2D eigenvalue weighted by molar-refractivity contribution is 7.85. The van der Waals surface area contributed by atoms with Crippen LogP contribution in [-0.4, -0.2) is 18.7 Å². The maximum atomic E-state index is 10.7. The summed E-state index contributed by atoms with van der Waals surface area (Å²) in [5, 5.41) is 0. The van der Waals surface area contributed by atoms with E-state index in [1.165, 1.54) is 32.1 Å². The molecule has 0 aromatic carbocycles. The number of hydrogen-bond acceptors (Lipinski definition) is 2. The Hall–Kier alpha value is -0.0900. The first kappa shape index (κ1) is 16.0. The van der Waals surface area contributed by atoms with Crippen LogP contribution in [0.4, 0.5) is 0 Å². The fourth-order valence-electron chi connectivity index (χ4n) is 3.28. The lowest BCUT2D eigenvalue weighted by Crippen LogP contribution is -2.04. The van der Waals surface area contributed by atoms with Crippen molar-refractivity contribution < 1.29 is 13.0 Å². The van der Waals surface area contributed by atoms with Crippen LogP contribution in [0.3, 0.4) is 0 Å². The van der Waals surface area contributed by atoms with Crippen molar-refractivity contribution >= 4 is 10.1 Å². The minimum atomic E-state index is -3.77. The van der Waals surface area contributed by atoms with E-state index < -0.39 is 10.1 Å². The number of rotatable bonds is 9. The predicted octanol–water partition coefficient (Wildman–Crippen LogP) is 3.90. The van der Waals surface area contributed by atoms with Crippen LogP contribution in [0.5, 0.6) is 0 Å². The molecule has 1 rings (SSSR count). The van der Waals surface area contributed by atoms with E-state index in [9.17, 15) is 8.42 Å². The van der Waals surface area contributed by atoms with Gasteiger partial charge in [-0.25, -0.2) is 0 Å². The predicted molar refractivity (Wildman–Crippen MR) is 75.2 cm³/mol. The second kappa shape index (κ2) is 6.38. The highest BCUT2D eigenvalue weighted by atomic mass is 32.2. The molecule has 0 bridgehead atoms. The Labute approximate surface area is 112 Å². The van der Waals surface area contributed by atoms with Crippen LogP contribution in [0, 0.1) is 17.3 Å². The largest absolute Gasteiger partial charge is 0.286 e. The van der Waals surface area contributed by atoms with Crippen LogP contribution in [0.15, 0.2) is 0 Å². The average molecular weight is 276 g/mol. The van der Waals surface area contributed by atoms with E-state index in [2.05, 4.69) is 20.8 Å². The summed E-state index contributed by atoms with van der Waals surface area (Å²) in [5.74, 6) is 1.33. The van der Waals surface area contributed by atoms with Crippen molar-refractivity contribution in [3.63, 3.8) is 0 Å². The minimum absolute atomic E-state index is 0.0812. The lowest BCUT2D eigenvalue weighted by atomic mass is 10.0. The standard InChI is InChI=1S/C14H28O3S/c1-4-5-6-7-9-12-13(14(12,2)3)10-8-11-18(15,16)17/h12-13H,4-11H2,1-3H3,(H,15,16,17). The highest BCUT2D eigenvalue weighted by Gasteiger charge is 2.55. The van der Waals surface area contributed by atoms with E-state index in [4.69, 9.17) is 4.55 Å². The van der Waals surface area contributed by atoms with Crippen molar-refractivity contribution in [3.05, 3.63) is 0 Å². The van der Waals surface area contributed by atoms with Gasteiger partial charge in [-0.1, -0.05) is 46.5 Å². The number of hydrogen-bond donors (Lipinski definition) is 1. The maximum absolute atomic E-state index is 10.7. The van der Waals surface area contributed by atoms with Crippen LogP contribution in [0.2, 0.25) is 0 Å². The smallest absolute Gasteiger partial charge is 0.264 e. The normalized spacial score (nSPS) is 26.2. The molecule has 108 valence electrons. The molecule has 1 saturated carbocycles. The topological polar surface area (TPSA) is 54.4 Å². The fourth-order valence-corrected chi connectivity index (χ4v) is 3.81. The summed E-state index contributed by atoms with van der Waals surface area (Å²) in [5.41, 5.74) is 0.380. The van der Waals surface area contributed by atoms with Crippen molar-refractivity contribution in [2.45, 2.75) is 65.7 Å². The van der Waals surface area contributed by atoms with Gasteiger partial charge in [0.15, 0.2) is 0 Å². The molecule has 1 aliphatic carbocycles. The molecule has 0 aliphatic heterocycles. The van der Waals surface area contributed by atoms with Crippen LogP contribution in [-0.2, 0) is 10.1 Å².